The molecule has 0 bridgehead atoms. The summed E-state index contributed by atoms with van der Waals surface area (Å²) in [6, 6.07) is 7.33. The van der Waals surface area contributed by atoms with E-state index in [1.165, 1.54) is 0 Å². The highest BCUT2D eigenvalue weighted by Crippen LogP contribution is 2.23. The van der Waals surface area contributed by atoms with Crippen LogP contribution in [-0.4, -0.2) is 43.6 Å². The third-order valence-corrected chi connectivity index (χ3v) is 3.30. The first-order chi connectivity index (χ1) is 11.2. The van der Waals surface area contributed by atoms with E-state index >= 15 is 0 Å². The molecule has 1 aromatic carbocycles. The van der Waals surface area contributed by atoms with Gasteiger partial charge in [-0.3, -0.25) is 9.59 Å². The molecule has 0 saturated heterocycles. The normalized spacial score (nSPS) is 12.4. The molecule has 0 aliphatic carbocycles. The van der Waals surface area contributed by atoms with E-state index in [1.54, 1.807) is 6.07 Å². The number of anilines is 1. The summed E-state index contributed by atoms with van der Waals surface area (Å²) in [7, 11) is 0. The molecular weight excluding hydrogens is 306 g/mol. The van der Waals surface area contributed by atoms with Gasteiger partial charge in [-0.15, -0.1) is 0 Å². The average Bonchev–Trinajstić information content (AvgIpc) is 2.46. The topological polar surface area (TPSA) is 71.9 Å². The molecule has 2 amide bonds. The highest BCUT2D eigenvalue weighted by Gasteiger charge is 2.20. The average molecular weight is 336 g/mol. The SMILES string of the molecule is CCOc1ccccc1NC(=O)C[NH+](CC)CC(=O)NC(C)(C)C. The van der Waals surface area contributed by atoms with E-state index in [0.717, 1.165) is 4.90 Å². The number of para-hydroxylation sites is 2. The number of hydrogen-bond acceptors (Lipinski definition) is 3. The van der Waals surface area contributed by atoms with Crippen molar-refractivity contribution in [3.05, 3.63) is 24.3 Å². The van der Waals surface area contributed by atoms with Crippen LogP contribution in [0.15, 0.2) is 24.3 Å². The van der Waals surface area contributed by atoms with E-state index < -0.39 is 0 Å². The molecular formula is C18H30N3O3+. The van der Waals surface area contributed by atoms with Crippen LogP contribution in [0.3, 0.4) is 0 Å². The van der Waals surface area contributed by atoms with Crippen LogP contribution < -0.4 is 20.3 Å². The van der Waals surface area contributed by atoms with E-state index in [1.807, 2.05) is 52.8 Å². The van der Waals surface area contributed by atoms with Crippen molar-refractivity contribution in [1.29, 1.82) is 0 Å². The van der Waals surface area contributed by atoms with Gasteiger partial charge in [0, 0.05) is 5.54 Å². The molecule has 6 nitrogen and oxygen atoms in total. The van der Waals surface area contributed by atoms with Crippen molar-refractivity contribution in [1.82, 2.24) is 5.32 Å². The van der Waals surface area contributed by atoms with Crippen LogP contribution in [0, 0.1) is 0 Å². The lowest BCUT2D eigenvalue weighted by Gasteiger charge is -2.23. The molecule has 6 heteroatoms. The Morgan fingerprint density at radius 2 is 1.71 bits per heavy atom. The number of benzene rings is 1. The first-order valence-electron chi connectivity index (χ1n) is 8.41. The molecule has 24 heavy (non-hydrogen) atoms. The number of rotatable bonds is 8. The maximum atomic E-state index is 12.3. The lowest BCUT2D eigenvalue weighted by molar-refractivity contribution is -0.881. The minimum absolute atomic E-state index is 0.0538. The molecule has 134 valence electrons. The Balaban J connectivity index is 2.60. The van der Waals surface area contributed by atoms with E-state index in [2.05, 4.69) is 10.6 Å². The fourth-order valence-electron chi connectivity index (χ4n) is 2.27. The molecule has 1 rings (SSSR count). The summed E-state index contributed by atoms with van der Waals surface area (Å²) in [5.41, 5.74) is 0.383. The number of carbonyl (C=O) groups is 2. The predicted molar refractivity (Wildman–Crippen MR) is 95.4 cm³/mol. The molecule has 0 aromatic heterocycles. The zero-order valence-electron chi connectivity index (χ0n) is 15.4. The molecule has 1 atom stereocenters. The Kier molecular flexibility index (Phi) is 7.71. The smallest absolute Gasteiger partial charge is 0.279 e. The predicted octanol–water partition coefficient (Wildman–Crippen LogP) is 0.843. The second kappa shape index (κ2) is 9.27. The first-order valence-corrected chi connectivity index (χ1v) is 8.41. The van der Waals surface area contributed by atoms with Gasteiger partial charge in [-0.05, 0) is 46.8 Å². The largest absolute Gasteiger partial charge is 0.492 e. The van der Waals surface area contributed by atoms with Crippen molar-refractivity contribution < 1.29 is 19.2 Å². The molecule has 0 fully saturated rings. The fourth-order valence-corrected chi connectivity index (χ4v) is 2.27. The van der Waals surface area contributed by atoms with Crippen LogP contribution in [0.1, 0.15) is 34.6 Å². The Morgan fingerprint density at radius 1 is 1.08 bits per heavy atom. The first kappa shape index (κ1) is 20.0. The van der Waals surface area contributed by atoms with E-state index in [4.69, 9.17) is 4.74 Å². The number of carbonyl (C=O) groups excluding carboxylic acids is 2. The zero-order chi connectivity index (χ0) is 18.2. The maximum absolute atomic E-state index is 12.3. The zero-order valence-corrected chi connectivity index (χ0v) is 15.4. The van der Waals surface area contributed by atoms with Crippen molar-refractivity contribution in [3.63, 3.8) is 0 Å². The van der Waals surface area contributed by atoms with Crippen molar-refractivity contribution >= 4 is 17.5 Å². The molecule has 3 N–H and O–H groups in total. The summed E-state index contributed by atoms with van der Waals surface area (Å²) in [6.45, 7) is 11.4. The van der Waals surface area contributed by atoms with Crippen molar-refractivity contribution in [2.45, 2.75) is 40.2 Å². The fraction of sp³-hybridized carbons (Fsp3) is 0.556. The molecule has 1 unspecified atom stereocenters. The van der Waals surface area contributed by atoms with E-state index in [-0.39, 0.29) is 30.4 Å². The van der Waals surface area contributed by atoms with Crippen LogP contribution in [-0.2, 0) is 9.59 Å². The summed E-state index contributed by atoms with van der Waals surface area (Å²) >= 11 is 0. The van der Waals surface area contributed by atoms with Crippen molar-refractivity contribution in [2.75, 3.05) is 31.6 Å². The van der Waals surface area contributed by atoms with Crippen LogP contribution in [0.4, 0.5) is 5.69 Å². The van der Waals surface area contributed by atoms with Gasteiger partial charge in [-0.1, -0.05) is 12.1 Å². The molecule has 1 aromatic rings. The van der Waals surface area contributed by atoms with Gasteiger partial charge < -0.3 is 20.3 Å². The summed E-state index contributed by atoms with van der Waals surface area (Å²) in [6.07, 6.45) is 0. The molecule has 0 aliphatic rings. The van der Waals surface area contributed by atoms with Gasteiger partial charge in [0.25, 0.3) is 11.8 Å². The van der Waals surface area contributed by atoms with Gasteiger partial charge in [0.1, 0.15) is 5.75 Å². The summed E-state index contributed by atoms with van der Waals surface area (Å²) in [5, 5.41) is 5.79. The molecule has 0 aliphatic heterocycles. The van der Waals surface area contributed by atoms with Crippen LogP contribution in [0.2, 0.25) is 0 Å². The van der Waals surface area contributed by atoms with Crippen molar-refractivity contribution in [3.8, 4) is 5.75 Å². The van der Waals surface area contributed by atoms with E-state index in [0.29, 0.717) is 24.6 Å². The van der Waals surface area contributed by atoms with Gasteiger partial charge in [-0.25, -0.2) is 0 Å². The number of quaternary nitrogens is 1. The Bertz CT molecular complexity index is 553. The van der Waals surface area contributed by atoms with Crippen LogP contribution in [0.25, 0.3) is 0 Å². The highest BCUT2D eigenvalue weighted by molar-refractivity contribution is 5.93. The van der Waals surface area contributed by atoms with Gasteiger partial charge in [0.2, 0.25) is 0 Å². The number of ether oxygens (including phenoxy) is 1. The lowest BCUT2D eigenvalue weighted by Crippen LogP contribution is -3.14. The summed E-state index contributed by atoms with van der Waals surface area (Å²) in [5.74, 6) is 0.460. The van der Waals surface area contributed by atoms with Crippen LogP contribution >= 0.6 is 0 Å². The van der Waals surface area contributed by atoms with Gasteiger partial charge in [-0.2, -0.15) is 0 Å². The van der Waals surface area contributed by atoms with Gasteiger partial charge in [0.15, 0.2) is 13.1 Å². The summed E-state index contributed by atoms with van der Waals surface area (Å²) < 4.78 is 5.50. The number of amides is 2. The summed E-state index contributed by atoms with van der Waals surface area (Å²) in [4.78, 5) is 25.2. The highest BCUT2D eigenvalue weighted by atomic mass is 16.5. The number of hydrogen-bond donors (Lipinski definition) is 3. The number of likely N-dealkylation sites (N-methyl/N-ethyl adjacent to an activating group) is 1. The maximum Gasteiger partial charge on any atom is 0.279 e. The lowest BCUT2D eigenvalue weighted by atomic mass is 10.1. The Morgan fingerprint density at radius 3 is 2.29 bits per heavy atom. The minimum atomic E-state index is -0.269. The Hall–Kier alpha value is -2.08. The third-order valence-electron chi connectivity index (χ3n) is 3.30. The van der Waals surface area contributed by atoms with E-state index in [9.17, 15) is 9.59 Å². The number of nitrogens with one attached hydrogen (secondary N) is 3. The van der Waals surface area contributed by atoms with Gasteiger partial charge >= 0.3 is 0 Å². The Labute approximate surface area is 144 Å². The standard InChI is InChI=1S/C18H29N3O3/c1-6-21(13-17(23)20-18(3,4)5)12-16(22)19-14-10-8-9-11-15(14)24-7-2/h8-11H,6-7,12-13H2,1-5H3,(H,19,22)(H,20,23)/p+1. The second-order valence-corrected chi connectivity index (χ2v) is 6.73. The van der Waals surface area contributed by atoms with Crippen molar-refractivity contribution in [2.24, 2.45) is 0 Å². The third kappa shape index (κ3) is 7.46. The van der Waals surface area contributed by atoms with Crippen LogP contribution in [0.5, 0.6) is 5.75 Å². The molecule has 0 radical (unpaired) electrons. The molecule has 0 spiro atoms. The monoisotopic (exact) mass is 336 g/mol. The molecule has 0 saturated carbocycles. The minimum Gasteiger partial charge on any atom is -0.492 e. The molecule has 0 heterocycles. The second-order valence-electron chi connectivity index (χ2n) is 6.73. The quantitative estimate of drug-likeness (QED) is 0.659. The van der Waals surface area contributed by atoms with Gasteiger partial charge in [0.05, 0.1) is 18.8 Å².